The summed E-state index contributed by atoms with van der Waals surface area (Å²) in [4.78, 5) is 0. The van der Waals surface area contributed by atoms with Gasteiger partial charge in [0.15, 0.2) is 0 Å². The summed E-state index contributed by atoms with van der Waals surface area (Å²) in [7, 11) is -1.10. The van der Waals surface area contributed by atoms with E-state index < -0.39 is 8.07 Å². The molecule has 0 nitrogen and oxygen atoms in total. The standard InChI is InChI=1S/C11H15ClSi/c1-13(2,3)9-8-10-6-4-5-7-11(10)12/h4-9H,1-3H3/b9-8-. The van der Waals surface area contributed by atoms with Crippen molar-refractivity contribution in [2.75, 3.05) is 0 Å². The highest BCUT2D eigenvalue weighted by Gasteiger charge is 2.06. The number of halogens is 1. The molecule has 13 heavy (non-hydrogen) atoms. The second kappa shape index (κ2) is 4.12. The summed E-state index contributed by atoms with van der Waals surface area (Å²) in [5.74, 6) is 0. The Kier molecular flexibility index (Phi) is 3.34. The average Bonchev–Trinajstić information content (AvgIpc) is 2.01. The minimum atomic E-state index is -1.10. The van der Waals surface area contributed by atoms with Crippen LogP contribution in [0.5, 0.6) is 0 Å². The topological polar surface area (TPSA) is 0 Å². The van der Waals surface area contributed by atoms with Crippen molar-refractivity contribution in [3.8, 4) is 0 Å². The lowest BCUT2D eigenvalue weighted by atomic mass is 10.2. The lowest BCUT2D eigenvalue weighted by Crippen LogP contribution is -2.15. The van der Waals surface area contributed by atoms with Gasteiger partial charge in [0.2, 0.25) is 0 Å². The van der Waals surface area contributed by atoms with Crippen LogP contribution in [-0.4, -0.2) is 8.07 Å². The molecule has 0 aliphatic rings. The fourth-order valence-corrected chi connectivity index (χ4v) is 1.83. The molecule has 0 radical (unpaired) electrons. The fourth-order valence-electron chi connectivity index (χ4n) is 0.950. The van der Waals surface area contributed by atoms with Crippen LogP contribution in [0.4, 0.5) is 0 Å². The van der Waals surface area contributed by atoms with Crippen molar-refractivity contribution in [3.05, 3.63) is 40.6 Å². The van der Waals surface area contributed by atoms with E-state index in [4.69, 9.17) is 11.6 Å². The van der Waals surface area contributed by atoms with E-state index in [1.807, 2.05) is 24.3 Å². The van der Waals surface area contributed by atoms with E-state index >= 15 is 0 Å². The molecule has 0 aliphatic heterocycles. The third-order valence-electron chi connectivity index (χ3n) is 1.67. The van der Waals surface area contributed by atoms with Crippen LogP contribution in [0, 0.1) is 0 Å². The van der Waals surface area contributed by atoms with Crippen molar-refractivity contribution in [1.82, 2.24) is 0 Å². The number of hydrogen-bond donors (Lipinski definition) is 0. The van der Waals surface area contributed by atoms with E-state index in [1.54, 1.807) is 0 Å². The zero-order valence-electron chi connectivity index (χ0n) is 8.34. The van der Waals surface area contributed by atoms with Gasteiger partial charge >= 0.3 is 0 Å². The Hall–Kier alpha value is -0.533. The maximum Gasteiger partial charge on any atom is 0.0687 e. The molecule has 0 spiro atoms. The molecular formula is C11H15ClSi. The van der Waals surface area contributed by atoms with Gasteiger partial charge in [0.05, 0.1) is 8.07 Å². The Labute approximate surface area is 86.3 Å². The molecule has 1 aromatic rings. The molecule has 0 aromatic heterocycles. The molecule has 0 N–H and O–H groups in total. The van der Waals surface area contributed by atoms with Crippen LogP contribution in [0.1, 0.15) is 5.56 Å². The molecule has 0 saturated heterocycles. The molecular weight excluding hydrogens is 196 g/mol. The van der Waals surface area contributed by atoms with Gasteiger partial charge in [0, 0.05) is 5.02 Å². The third-order valence-corrected chi connectivity index (χ3v) is 3.18. The van der Waals surface area contributed by atoms with Crippen LogP contribution in [0.2, 0.25) is 24.7 Å². The summed E-state index contributed by atoms with van der Waals surface area (Å²) in [6, 6.07) is 7.92. The van der Waals surface area contributed by atoms with Crippen LogP contribution in [0.15, 0.2) is 30.0 Å². The first-order chi connectivity index (χ1) is 5.99. The van der Waals surface area contributed by atoms with Crippen molar-refractivity contribution >= 4 is 25.8 Å². The maximum absolute atomic E-state index is 6.02. The fraction of sp³-hybridized carbons (Fsp3) is 0.273. The molecule has 0 heterocycles. The first-order valence-corrected chi connectivity index (χ1v) is 8.38. The lowest BCUT2D eigenvalue weighted by Gasteiger charge is -2.08. The maximum atomic E-state index is 6.02. The van der Waals surface area contributed by atoms with Gasteiger partial charge in [-0.15, -0.1) is 0 Å². The minimum Gasteiger partial charge on any atom is -0.0944 e. The predicted molar refractivity (Wildman–Crippen MR) is 63.8 cm³/mol. The van der Waals surface area contributed by atoms with Gasteiger partial charge in [0.1, 0.15) is 0 Å². The second-order valence-electron chi connectivity index (χ2n) is 4.22. The smallest absolute Gasteiger partial charge is 0.0687 e. The van der Waals surface area contributed by atoms with Gasteiger partial charge in [-0.2, -0.15) is 0 Å². The molecule has 0 fully saturated rings. The monoisotopic (exact) mass is 210 g/mol. The van der Waals surface area contributed by atoms with E-state index in [9.17, 15) is 0 Å². The van der Waals surface area contributed by atoms with Crippen molar-refractivity contribution in [2.24, 2.45) is 0 Å². The quantitative estimate of drug-likeness (QED) is 0.641. The molecule has 1 rings (SSSR count). The average molecular weight is 211 g/mol. The lowest BCUT2D eigenvalue weighted by molar-refractivity contribution is 1.65. The van der Waals surface area contributed by atoms with Gasteiger partial charge in [-0.1, -0.05) is 61.2 Å². The van der Waals surface area contributed by atoms with E-state index in [1.165, 1.54) is 0 Å². The van der Waals surface area contributed by atoms with Gasteiger partial charge in [-0.05, 0) is 11.6 Å². The van der Waals surface area contributed by atoms with Crippen LogP contribution in [0.25, 0.3) is 6.08 Å². The normalized spacial score (nSPS) is 12.3. The van der Waals surface area contributed by atoms with E-state index in [0.29, 0.717) is 0 Å². The molecule has 0 aliphatic carbocycles. The number of hydrogen-bond acceptors (Lipinski definition) is 0. The van der Waals surface area contributed by atoms with Gasteiger partial charge < -0.3 is 0 Å². The molecule has 0 atom stereocenters. The zero-order valence-corrected chi connectivity index (χ0v) is 10.1. The van der Waals surface area contributed by atoms with Gasteiger partial charge in [-0.25, -0.2) is 0 Å². The molecule has 2 heteroatoms. The van der Waals surface area contributed by atoms with Crippen LogP contribution < -0.4 is 0 Å². The molecule has 0 amide bonds. The molecule has 0 unspecified atom stereocenters. The first-order valence-electron chi connectivity index (χ1n) is 4.43. The number of benzene rings is 1. The van der Waals surface area contributed by atoms with E-state index in [-0.39, 0.29) is 0 Å². The Morgan fingerprint density at radius 2 is 1.77 bits per heavy atom. The highest BCUT2D eigenvalue weighted by molar-refractivity contribution is 6.81. The summed E-state index contributed by atoms with van der Waals surface area (Å²) < 4.78 is 0. The van der Waals surface area contributed by atoms with Crippen molar-refractivity contribution < 1.29 is 0 Å². The Morgan fingerprint density at radius 3 is 2.31 bits per heavy atom. The summed E-state index contributed by atoms with van der Waals surface area (Å²) in [6.07, 6.45) is 2.13. The molecule has 0 bridgehead atoms. The van der Waals surface area contributed by atoms with Crippen LogP contribution in [-0.2, 0) is 0 Å². The first kappa shape index (κ1) is 10.5. The van der Waals surface area contributed by atoms with E-state index in [2.05, 4.69) is 31.4 Å². The number of rotatable bonds is 2. The molecule has 70 valence electrons. The highest BCUT2D eigenvalue weighted by atomic mass is 35.5. The van der Waals surface area contributed by atoms with Crippen molar-refractivity contribution in [2.45, 2.75) is 19.6 Å². The minimum absolute atomic E-state index is 0.831. The van der Waals surface area contributed by atoms with E-state index in [0.717, 1.165) is 10.6 Å². The molecule has 1 aromatic carbocycles. The van der Waals surface area contributed by atoms with Crippen molar-refractivity contribution in [3.63, 3.8) is 0 Å². The second-order valence-corrected chi connectivity index (χ2v) is 9.69. The Balaban J connectivity index is 2.86. The summed E-state index contributed by atoms with van der Waals surface area (Å²) in [5, 5.41) is 0.831. The summed E-state index contributed by atoms with van der Waals surface area (Å²) in [6.45, 7) is 6.92. The Bertz CT molecular complexity index is 310. The Morgan fingerprint density at radius 1 is 1.15 bits per heavy atom. The van der Waals surface area contributed by atoms with Gasteiger partial charge in [0.25, 0.3) is 0 Å². The van der Waals surface area contributed by atoms with Crippen LogP contribution >= 0.6 is 11.6 Å². The third kappa shape index (κ3) is 3.79. The van der Waals surface area contributed by atoms with Gasteiger partial charge in [-0.3, -0.25) is 0 Å². The van der Waals surface area contributed by atoms with Crippen molar-refractivity contribution in [1.29, 1.82) is 0 Å². The summed E-state index contributed by atoms with van der Waals surface area (Å²) >= 11 is 6.02. The SMILES string of the molecule is C[Si](C)(C)/C=C\c1ccccc1Cl. The predicted octanol–water partition coefficient (Wildman–Crippen LogP) is 4.23. The highest BCUT2D eigenvalue weighted by Crippen LogP contribution is 2.17. The zero-order chi connectivity index (χ0) is 9.90. The molecule has 0 saturated carbocycles. The summed E-state index contributed by atoms with van der Waals surface area (Å²) in [5.41, 5.74) is 3.42. The van der Waals surface area contributed by atoms with Crippen LogP contribution in [0.3, 0.4) is 0 Å². The largest absolute Gasteiger partial charge is 0.0944 e.